The summed E-state index contributed by atoms with van der Waals surface area (Å²) in [5.74, 6) is 0.171. The average molecular weight is 194 g/mol. The van der Waals surface area contributed by atoms with E-state index in [-0.39, 0.29) is 5.91 Å². The van der Waals surface area contributed by atoms with E-state index in [0.717, 1.165) is 18.4 Å². The molecular formula is C11H18N2O. The van der Waals surface area contributed by atoms with Crippen LogP contribution in [0.1, 0.15) is 25.7 Å². The molecule has 2 bridgehead atoms. The highest BCUT2D eigenvalue weighted by molar-refractivity contribution is 5.94. The minimum atomic E-state index is 0.171. The van der Waals surface area contributed by atoms with Gasteiger partial charge >= 0.3 is 0 Å². The molecule has 1 fully saturated rings. The Morgan fingerprint density at radius 3 is 2.93 bits per heavy atom. The summed E-state index contributed by atoms with van der Waals surface area (Å²) < 4.78 is 0. The second-order valence-corrected chi connectivity index (χ2v) is 4.43. The van der Waals surface area contributed by atoms with Gasteiger partial charge in [-0.2, -0.15) is 0 Å². The lowest BCUT2D eigenvalue weighted by Crippen LogP contribution is -2.35. The number of hydrogen-bond donors (Lipinski definition) is 1. The van der Waals surface area contributed by atoms with Crippen LogP contribution in [0.25, 0.3) is 0 Å². The number of nitrogens with zero attached hydrogens (tertiary/aromatic N) is 1. The van der Waals surface area contributed by atoms with E-state index in [4.69, 9.17) is 0 Å². The Morgan fingerprint density at radius 1 is 1.43 bits per heavy atom. The van der Waals surface area contributed by atoms with Gasteiger partial charge in [0.25, 0.3) is 5.91 Å². The Labute approximate surface area is 85.2 Å². The quantitative estimate of drug-likeness (QED) is 0.673. The summed E-state index contributed by atoms with van der Waals surface area (Å²) >= 11 is 0. The maximum Gasteiger partial charge on any atom is 0.250 e. The van der Waals surface area contributed by atoms with Crippen molar-refractivity contribution in [1.29, 1.82) is 0 Å². The minimum Gasteiger partial charge on any atom is -0.345 e. The number of fused-ring (bicyclic) bond motifs is 2. The van der Waals surface area contributed by atoms with Gasteiger partial charge in [0, 0.05) is 31.8 Å². The number of allylic oxidation sites excluding steroid dienone is 1. The monoisotopic (exact) mass is 194 g/mol. The van der Waals surface area contributed by atoms with Crippen molar-refractivity contribution in [3.63, 3.8) is 0 Å². The first-order chi connectivity index (χ1) is 6.68. The van der Waals surface area contributed by atoms with Crippen molar-refractivity contribution in [2.24, 2.45) is 0 Å². The van der Waals surface area contributed by atoms with Gasteiger partial charge in [0.1, 0.15) is 0 Å². The smallest absolute Gasteiger partial charge is 0.250 e. The highest BCUT2D eigenvalue weighted by Gasteiger charge is 2.31. The first-order valence-corrected chi connectivity index (χ1v) is 5.36. The van der Waals surface area contributed by atoms with E-state index in [2.05, 4.69) is 11.4 Å². The van der Waals surface area contributed by atoms with Crippen LogP contribution in [0.15, 0.2) is 11.6 Å². The van der Waals surface area contributed by atoms with Crippen LogP contribution in [0.3, 0.4) is 0 Å². The Bertz CT molecular complexity index is 270. The summed E-state index contributed by atoms with van der Waals surface area (Å²) in [6.07, 6.45) is 6.70. The molecule has 0 aromatic carbocycles. The maximum absolute atomic E-state index is 11.9. The number of likely N-dealkylation sites (N-methyl/N-ethyl adjacent to an activating group) is 1. The number of carbonyl (C=O) groups excluding carboxylic acids is 1. The predicted octanol–water partition coefficient (Wildman–Crippen LogP) is 0.915. The largest absolute Gasteiger partial charge is 0.345 e. The third-order valence-electron chi connectivity index (χ3n) is 3.15. The fourth-order valence-corrected chi connectivity index (χ4v) is 2.37. The van der Waals surface area contributed by atoms with Crippen molar-refractivity contribution in [3.05, 3.63) is 11.6 Å². The topological polar surface area (TPSA) is 32.3 Å². The van der Waals surface area contributed by atoms with E-state index >= 15 is 0 Å². The van der Waals surface area contributed by atoms with Gasteiger partial charge in [-0.15, -0.1) is 0 Å². The number of nitrogens with one attached hydrogen (secondary N) is 1. The highest BCUT2D eigenvalue weighted by atomic mass is 16.2. The molecule has 0 aromatic rings. The van der Waals surface area contributed by atoms with Crippen LogP contribution in [-0.2, 0) is 4.79 Å². The number of hydrogen-bond acceptors (Lipinski definition) is 2. The third-order valence-corrected chi connectivity index (χ3v) is 3.15. The van der Waals surface area contributed by atoms with E-state index in [1.165, 1.54) is 12.8 Å². The van der Waals surface area contributed by atoms with E-state index in [1.54, 1.807) is 4.90 Å². The Morgan fingerprint density at radius 2 is 2.21 bits per heavy atom. The van der Waals surface area contributed by atoms with Crippen molar-refractivity contribution in [1.82, 2.24) is 10.2 Å². The Kier molecular flexibility index (Phi) is 2.59. The zero-order valence-electron chi connectivity index (χ0n) is 8.92. The minimum absolute atomic E-state index is 0.171. The van der Waals surface area contributed by atoms with Gasteiger partial charge in [-0.1, -0.05) is 6.08 Å². The van der Waals surface area contributed by atoms with Gasteiger partial charge in [0.05, 0.1) is 0 Å². The molecule has 0 aliphatic carbocycles. The van der Waals surface area contributed by atoms with Gasteiger partial charge in [0.2, 0.25) is 0 Å². The van der Waals surface area contributed by atoms with Crippen LogP contribution in [0.4, 0.5) is 0 Å². The number of rotatable bonds is 1. The lowest BCUT2D eigenvalue weighted by molar-refractivity contribution is -0.125. The van der Waals surface area contributed by atoms with Crippen LogP contribution in [0.2, 0.25) is 0 Å². The molecule has 2 unspecified atom stereocenters. The van der Waals surface area contributed by atoms with Gasteiger partial charge in [-0.3, -0.25) is 4.79 Å². The van der Waals surface area contributed by atoms with Crippen molar-refractivity contribution < 1.29 is 4.79 Å². The van der Waals surface area contributed by atoms with E-state index in [0.29, 0.717) is 12.1 Å². The predicted molar refractivity (Wildman–Crippen MR) is 56.0 cm³/mol. The Hall–Kier alpha value is -0.830. The number of amides is 1. The second-order valence-electron chi connectivity index (χ2n) is 4.43. The SMILES string of the molecule is CN(C)C(=O)C1=CCCC2CCC1N2. The zero-order chi connectivity index (χ0) is 10.1. The van der Waals surface area contributed by atoms with E-state index < -0.39 is 0 Å². The molecule has 2 heterocycles. The van der Waals surface area contributed by atoms with Crippen LogP contribution in [0.5, 0.6) is 0 Å². The molecule has 14 heavy (non-hydrogen) atoms. The van der Waals surface area contributed by atoms with Gasteiger partial charge in [0.15, 0.2) is 0 Å². The van der Waals surface area contributed by atoms with E-state index in [9.17, 15) is 4.79 Å². The highest BCUT2D eigenvalue weighted by Crippen LogP contribution is 2.26. The molecule has 0 aromatic heterocycles. The van der Waals surface area contributed by atoms with Crippen molar-refractivity contribution in [3.8, 4) is 0 Å². The first kappa shape index (κ1) is 9.71. The van der Waals surface area contributed by atoms with Gasteiger partial charge in [-0.05, 0) is 25.7 Å². The van der Waals surface area contributed by atoms with Gasteiger partial charge in [-0.25, -0.2) is 0 Å². The summed E-state index contributed by atoms with van der Waals surface area (Å²) in [4.78, 5) is 13.5. The molecule has 2 rings (SSSR count). The fourth-order valence-electron chi connectivity index (χ4n) is 2.37. The lowest BCUT2D eigenvalue weighted by atomic mass is 9.99. The molecule has 2 aliphatic heterocycles. The molecule has 1 amide bonds. The maximum atomic E-state index is 11.9. The molecule has 2 aliphatic rings. The zero-order valence-corrected chi connectivity index (χ0v) is 8.92. The van der Waals surface area contributed by atoms with E-state index in [1.807, 2.05) is 14.1 Å². The summed E-state index contributed by atoms with van der Waals surface area (Å²) in [5.41, 5.74) is 0.981. The number of carbonyl (C=O) groups is 1. The molecular weight excluding hydrogens is 176 g/mol. The van der Waals surface area contributed by atoms with Crippen LogP contribution in [0, 0.1) is 0 Å². The fraction of sp³-hybridized carbons (Fsp3) is 0.727. The summed E-state index contributed by atoms with van der Waals surface area (Å²) in [6.45, 7) is 0. The average Bonchev–Trinajstić information content (AvgIpc) is 2.46. The first-order valence-electron chi connectivity index (χ1n) is 5.36. The molecule has 1 N–H and O–H groups in total. The van der Waals surface area contributed by atoms with Crippen LogP contribution in [-0.4, -0.2) is 37.0 Å². The molecule has 0 radical (unpaired) electrons. The second kappa shape index (κ2) is 3.73. The summed E-state index contributed by atoms with van der Waals surface area (Å²) in [7, 11) is 3.64. The lowest BCUT2D eigenvalue weighted by Gasteiger charge is -2.18. The molecule has 3 nitrogen and oxygen atoms in total. The van der Waals surface area contributed by atoms with Crippen LogP contribution < -0.4 is 5.32 Å². The molecule has 78 valence electrons. The molecule has 0 saturated carbocycles. The Balaban J connectivity index is 2.16. The molecule has 2 atom stereocenters. The standard InChI is InChI=1S/C11H18N2O/c1-13(2)11(14)9-5-3-4-8-6-7-10(9)12-8/h5,8,10,12H,3-4,6-7H2,1-2H3. The molecule has 1 saturated heterocycles. The van der Waals surface area contributed by atoms with Gasteiger partial charge < -0.3 is 10.2 Å². The summed E-state index contributed by atoms with van der Waals surface area (Å²) in [5, 5.41) is 3.52. The van der Waals surface area contributed by atoms with Crippen LogP contribution >= 0.6 is 0 Å². The third kappa shape index (κ3) is 1.69. The molecule has 0 spiro atoms. The van der Waals surface area contributed by atoms with Crippen molar-refractivity contribution >= 4 is 5.91 Å². The van der Waals surface area contributed by atoms with Crippen molar-refractivity contribution in [2.45, 2.75) is 37.8 Å². The summed E-state index contributed by atoms with van der Waals surface area (Å²) in [6, 6.07) is 0.959. The normalized spacial score (nSPS) is 30.9. The molecule has 3 heteroatoms. The van der Waals surface area contributed by atoms with Crippen molar-refractivity contribution in [2.75, 3.05) is 14.1 Å².